The second-order valence-electron chi connectivity index (χ2n) is 6.69. The number of halogens is 2. The molecule has 0 unspecified atom stereocenters. The number of carbonyl (C=O) groups is 3. The molecule has 0 saturated carbocycles. The number of hydrogen-bond donors (Lipinski definition) is 3. The second kappa shape index (κ2) is 11.5. The van der Waals surface area contributed by atoms with Crippen molar-refractivity contribution in [2.24, 2.45) is 0 Å². The third-order valence-corrected chi connectivity index (χ3v) is 4.52. The normalized spacial score (nSPS) is 10.6. The third-order valence-electron chi connectivity index (χ3n) is 3.97. The summed E-state index contributed by atoms with van der Waals surface area (Å²) in [4.78, 5) is 37.6. The third kappa shape index (κ3) is 8.02. The largest absolute Gasteiger partial charge is 0.326 e. The van der Waals surface area contributed by atoms with E-state index in [1.807, 2.05) is 6.92 Å². The van der Waals surface area contributed by atoms with Gasteiger partial charge < -0.3 is 16.0 Å². The number of benzene rings is 2. The van der Waals surface area contributed by atoms with Crippen LogP contribution in [0, 0.1) is 0 Å². The number of hydrogen-bond acceptors (Lipinski definition) is 4. The molecule has 0 aliphatic rings. The number of rotatable bonds is 9. The fraction of sp³-hybridized carbons (Fsp3) is 0.286. The van der Waals surface area contributed by atoms with E-state index in [0.29, 0.717) is 33.7 Å². The van der Waals surface area contributed by atoms with Crippen LogP contribution in [0.5, 0.6) is 0 Å². The van der Waals surface area contributed by atoms with Crippen molar-refractivity contribution in [3.8, 4) is 0 Å². The quantitative estimate of drug-likeness (QED) is 0.532. The van der Waals surface area contributed by atoms with Gasteiger partial charge >= 0.3 is 0 Å². The molecule has 2 aromatic carbocycles. The molecule has 7 nitrogen and oxygen atoms in total. The molecule has 0 fully saturated rings. The zero-order valence-electron chi connectivity index (χ0n) is 16.8. The van der Waals surface area contributed by atoms with Crippen molar-refractivity contribution < 1.29 is 14.4 Å². The summed E-state index contributed by atoms with van der Waals surface area (Å²) in [6, 6.07) is 11.6. The van der Waals surface area contributed by atoms with Gasteiger partial charge in [0.25, 0.3) is 0 Å². The van der Waals surface area contributed by atoms with Crippen LogP contribution < -0.4 is 16.0 Å². The van der Waals surface area contributed by atoms with E-state index in [1.165, 1.54) is 6.92 Å². The minimum absolute atomic E-state index is 0.0433. The van der Waals surface area contributed by atoms with Crippen molar-refractivity contribution in [1.82, 2.24) is 4.90 Å². The zero-order chi connectivity index (χ0) is 22.1. The fourth-order valence-electron chi connectivity index (χ4n) is 2.76. The summed E-state index contributed by atoms with van der Waals surface area (Å²) in [7, 11) is 0. The van der Waals surface area contributed by atoms with Gasteiger partial charge in [-0.15, -0.1) is 0 Å². The highest BCUT2D eigenvalue weighted by Gasteiger charge is 2.15. The molecule has 0 spiro atoms. The van der Waals surface area contributed by atoms with Crippen LogP contribution in [0.25, 0.3) is 0 Å². The Labute approximate surface area is 185 Å². The van der Waals surface area contributed by atoms with Crippen molar-refractivity contribution in [2.45, 2.75) is 20.3 Å². The highest BCUT2D eigenvalue weighted by Crippen LogP contribution is 2.25. The van der Waals surface area contributed by atoms with Gasteiger partial charge in [0.2, 0.25) is 17.7 Å². The first kappa shape index (κ1) is 23.7. The van der Waals surface area contributed by atoms with Gasteiger partial charge in [-0.3, -0.25) is 19.3 Å². The van der Waals surface area contributed by atoms with Crippen molar-refractivity contribution in [2.75, 3.05) is 35.6 Å². The Morgan fingerprint density at radius 1 is 0.867 bits per heavy atom. The molecule has 0 bridgehead atoms. The predicted octanol–water partition coefficient (Wildman–Crippen LogP) is 4.24. The van der Waals surface area contributed by atoms with Crippen LogP contribution in [0.3, 0.4) is 0 Å². The van der Waals surface area contributed by atoms with Gasteiger partial charge in [-0.2, -0.15) is 0 Å². The molecule has 3 amide bonds. The smallest absolute Gasteiger partial charge is 0.238 e. The predicted molar refractivity (Wildman–Crippen MR) is 121 cm³/mol. The molecule has 0 radical (unpaired) electrons. The van der Waals surface area contributed by atoms with Crippen LogP contribution in [0.4, 0.5) is 17.1 Å². The van der Waals surface area contributed by atoms with Crippen LogP contribution in [-0.4, -0.2) is 42.3 Å². The SMILES string of the molecule is CCCN(CC(=O)Nc1ccc(NC(C)=O)cc1)CC(=O)Nc1ccc(Cl)cc1Cl. The van der Waals surface area contributed by atoms with E-state index in [2.05, 4.69) is 16.0 Å². The van der Waals surface area contributed by atoms with Crippen LogP contribution >= 0.6 is 23.2 Å². The molecule has 2 rings (SSSR count). The summed E-state index contributed by atoms with van der Waals surface area (Å²) in [6.45, 7) is 4.08. The summed E-state index contributed by atoms with van der Waals surface area (Å²) in [5, 5.41) is 9.01. The molecular weight excluding hydrogens is 427 g/mol. The lowest BCUT2D eigenvalue weighted by Crippen LogP contribution is -2.39. The molecule has 2 aromatic rings. The van der Waals surface area contributed by atoms with Gasteiger partial charge in [-0.05, 0) is 55.4 Å². The highest BCUT2D eigenvalue weighted by atomic mass is 35.5. The average Bonchev–Trinajstić information content (AvgIpc) is 2.65. The molecule has 0 saturated heterocycles. The van der Waals surface area contributed by atoms with Crippen LogP contribution in [-0.2, 0) is 14.4 Å². The average molecular weight is 451 g/mol. The minimum Gasteiger partial charge on any atom is -0.326 e. The summed E-state index contributed by atoms with van der Waals surface area (Å²) >= 11 is 12.0. The number of anilines is 3. The second-order valence-corrected chi connectivity index (χ2v) is 7.53. The van der Waals surface area contributed by atoms with Crippen molar-refractivity contribution in [3.05, 3.63) is 52.5 Å². The Morgan fingerprint density at radius 3 is 1.97 bits per heavy atom. The molecule has 9 heteroatoms. The topological polar surface area (TPSA) is 90.5 Å². The molecule has 0 atom stereocenters. The number of nitrogens with one attached hydrogen (secondary N) is 3. The molecule has 0 heterocycles. The number of nitrogens with zero attached hydrogens (tertiary/aromatic N) is 1. The molecular formula is C21H24Cl2N4O3. The van der Waals surface area contributed by atoms with Crippen molar-refractivity contribution in [1.29, 1.82) is 0 Å². The summed E-state index contributed by atoms with van der Waals surface area (Å²) in [5.74, 6) is -0.687. The molecule has 3 N–H and O–H groups in total. The van der Waals surface area contributed by atoms with Crippen molar-refractivity contribution >= 4 is 58.0 Å². The molecule has 30 heavy (non-hydrogen) atoms. The van der Waals surface area contributed by atoms with Gasteiger partial charge in [-0.1, -0.05) is 30.1 Å². The summed E-state index contributed by atoms with van der Waals surface area (Å²) < 4.78 is 0. The van der Waals surface area contributed by atoms with E-state index in [0.717, 1.165) is 6.42 Å². The molecule has 160 valence electrons. The Hall–Kier alpha value is -2.61. The monoisotopic (exact) mass is 450 g/mol. The van der Waals surface area contributed by atoms with Crippen LogP contribution in [0.1, 0.15) is 20.3 Å². The Morgan fingerprint density at radius 2 is 1.43 bits per heavy atom. The van der Waals surface area contributed by atoms with Gasteiger partial charge in [0, 0.05) is 23.3 Å². The lowest BCUT2D eigenvalue weighted by atomic mass is 10.2. The number of carbonyl (C=O) groups excluding carboxylic acids is 3. The van der Waals surface area contributed by atoms with Crippen LogP contribution in [0.15, 0.2) is 42.5 Å². The standard InChI is InChI=1S/C21H24Cl2N4O3/c1-3-10-27(13-21(30)26-19-9-4-15(22)11-18(19)23)12-20(29)25-17-7-5-16(6-8-17)24-14(2)28/h4-9,11H,3,10,12-13H2,1-2H3,(H,24,28)(H,25,29)(H,26,30). The molecule has 0 aliphatic carbocycles. The van der Waals surface area contributed by atoms with E-state index in [9.17, 15) is 14.4 Å². The maximum Gasteiger partial charge on any atom is 0.238 e. The highest BCUT2D eigenvalue weighted by molar-refractivity contribution is 6.36. The van der Waals surface area contributed by atoms with E-state index < -0.39 is 0 Å². The molecule has 0 aliphatic heterocycles. The van der Waals surface area contributed by atoms with Gasteiger partial charge in [-0.25, -0.2) is 0 Å². The summed E-state index contributed by atoms with van der Waals surface area (Å²) in [5.41, 5.74) is 1.71. The van der Waals surface area contributed by atoms with Gasteiger partial charge in [0.05, 0.1) is 23.8 Å². The number of amides is 3. The van der Waals surface area contributed by atoms with Gasteiger partial charge in [0.15, 0.2) is 0 Å². The first-order valence-electron chi connectivity index (χ1n) is 9.41. The Kier molecular flexibility index (Phi) is 9.11. The first-order chi connectivity index (χ1) is 14.3. The Bertz CT molecular complexity index is 904. The van der Waals surface area contributed by atoms with E-state index in [4.69, 9.17) is 23.2 Å². The summed E-state index contributed by atoms with van der Waals surface area (Å²) in [6.07, 6.45) is 0.785. The fourth-order valence-corrected chi connectivity index (χ4v) is 3.21. The van der Waals surface area contributed by atoms with E-state index >= 15 is 0 Å². The maximum atomic E-state index is 12.4. The minimum atomic E-state index is -0.278. The molecule has 0 aromatic heterocycles. The lowest BCUT2D eigenvalue weighted by molar-refractivity contribution is -0.120. The maximum absolute atomic E-state index is 12.4. The first-order valence-corrected chi connectivity index (χ1v) is 10.2. The van der Waals surface area contributed by atoms with E-state index in [-0.39, 0.29) is 30.8 Å². The van der Waals surface area contributed by atoms with E-state index in [1.54, 1.807) is 47.4 Å². The lowest BCUT2D eigenvalue weighted by Gasteiger charge is -2.21. The Balaban J connectivity index is 1.91. The van der Waals surface area contributed by atoms with Crippen LogP contribution in [0.2, 0.25) is 10.0 Å². The van der Waals surface area contributed by atoms with Gasteiger partial charge in [0.1, 0.15) is 0 Å². The van der Waals surface area contributed by atoms with Crippen molar-refractivity contribution in [3.63, 3.8) is 0 Å². The zero-order valence-corrected chi connectivity index (χ0v) is 18.3.